The molecular weight excluding hydrogens is 475 g/mol. The molecular formula is C19H27IN4O2S. The number of thioether (sulfide) groups is 1. The zero-order chi connectivity index (χ0) is 18.6. The summed E-state index contributed by atoms with van der Waals surface area (Å²) in [7, 11) is 0. The Morgan fingerprint density at radius 3 is 2.59 bits per heavy atom. The van der Waals surface area contributed by atoms with E-state index >= 15 is 0 Å². The van der Waals surface area contributed by atoms with E-state index in [0.717, 1.165) is 18.8 Å². The van der Waals surface area contributed by atoms with Crippen molar-refractivity contribution >= 4 is 47.6 Å². The molecule has 1 atom stereocenters. The van der Waals surface area contributed by atoms with Crippen molar-refractivity contribution in [3.63, 3.8) is 0 Å². The average molecular weight is 502 g/mol. The molecule has 0 bridgehead atoms. The van der Waals surface area contributed by atoms with Crippen molar-refractivity contribution < 1.29 is 9.21 Å². The van der Waals surface area contributed by atoms with Crippen LogP contribution in [0.5, 0.6) is 0 Å². The van der Waals surface area contributed by atoms with Crippen molar-refractivity contribution in [3.05, 3.63) is 54.5 Å². The maximum absolute atomic E-state index is 11.9. The zero-order valence-electron chi connectivity index (χ0n) is 15.6. The zero-order valence-corrected chi connectivity index (χ0v) is 18.8. The SMILES string of the molecule is CCNC(=NCC(=O)NCc1ccco1)NCC(C)Sc1ccccc1.I. The maximum atomic E-state index is 11.9. The minimum Gasteiger partial charge on any atom is -0.467 e. The van der Waals surface area contributed by atoms with Crippen LogP contribution in [-0.2, 0) is 11.3 Å². The van der Waals surface area contributed by atoms with Gasteiger partial charge in [0.15, 0.2) is 5.96 Å². The molecule has 2 rings (SSSR count). The van der Waals surface area contributed by atoms with Crippen LogP contribution in [0.1, 0.15) is 19.6 Å². The van der Waals surface area contributed by atoms with Gasteiger partial charge in [0.1, 0.15) is 12.3 Å². The van der Waals surface area contributed by atoms with Crippen LogP contribution < -0.4 is 16.0 Å². The van der Waals surface area contributed by atoms with Crippen molar-refractivity contribution in [2.75, 3.05) is 19.6 Å². The fraction of sp³-hybridized carbons (Fsp3) is 0.368. The van der Waals surface area contributed by atoms with Crippen molar-refractivity contribution in [1.29, 1.82) is 0 Å². The second-order valence-corrected chi connectivity index (χ2v) is 7.19. The van der Waals surface area contributed by atoms with E-state index < -0.39 is 0 Å². The van der Waals surface area contributed by atoms with E-state index in [1.807, 2.05) is 31.2 Å². The summed E-state index contributed by atoms with van der Waals surface area (Å²) in [6.45, 7) is 6.08. The number of rotatable bonds is 9. The molecule has 148 valence electrons. The van der Waals surface area contributed by atoms with Crippen LogP contribution in [0.3, 0.4) is 0 Å². The minimum atomic E-state index is -0.148. The molecule has 0 fully saturated rings. The Morgan fingerprint density at radius 1 is 1.15 bits per heavy atom. The lowest BCUT2D eigenvalue weighted by Gasteiger charge is -2.15. The molecule has 1 aromatic heterocycles. The van der Waals surface area contributed by atoms with Gasteiger partial charge in [-0.3, -0.25) is 4.79 Å². The van der Waals surface area contributed by atoms with Gasteiger partial charge in [-0.2, -0.15) is 0 Å². The van der Waals surface area contributed by atoms with Crippen molar-refractivity contribution in [2.24, 2.45) is 4.99 Å². The Morgan fingerprint density at radius 2 is 1.93 bits per heavy atom. The summed E-state index contributed by atoms with van der Waals surface area (Å²) in [5.74, 6) is 1.21. The molecule has 0 saturated heterocycles. The van der Waals surface area contributed by atoms with Gasteiger partial charge >= 0.3 is 0 Å². The van der Waals surface area contributed by atoms with Gasteiger partial charge in [0.2, 0.25) is 5.91 Å². The molecule has 1 unspecified atom stereocenters. The van der Waals surface area contributed by atoms with Gasteiger partial charge in [0, 0.05) is 23.2 Å². The van der Waals surface area contributed by atoms with Gasteiger partial charge in [0.25, 0.3) is 0 Å². The highest BCUT2D eigenvalue weighted by Gasteiger charge is 2.07. The van der Waals surface area contributed by atoms with Crippen LogP contribution in [0.2, 0.25) is 0 Å². The molecule has 3 N–H and O–H groups in total. The molecule has 0 saturated carbocycles. The fourth-order valence-electron chi connectivity index (χ4n) is 2.16. The third-order valence-electron chi connectivity index (χ3n) is 3.40. The molecule has 8 heteroatoms. The summed E-state index contributed by atoms with van der Waals surface area (Å²) < 4.78 is 5.18. The standard InChI is InChI=1S/C19H26N4O2S.HI/c1-3-20-19(22-12-15(2)26-17-9-5-4-6-10-17)23-14-18(24)21-13-16-8-7-11-25-16;/h4-11,15H,3,12-14H2,1-2H3,(H,21,24)(H2,20,22,23);1H. The Kier molecular flexibility index (Phi) is 11.7. The number of halogens is 1. The van der Waals surface area contributed by atoms with Gasteiger partial charge in [0.05, 0.1) is 12.8 Å². The molecule has 2 aromatic rings. The number of amides is 1. The first-order valence-corrected chi connectivity index (χ1v) is 9.58. The molecule has 0 aliphatic heterocycles. The van der Waals surface area contributed by atoms with Crippen molar-refractivity contribution in [3.8, 4) is 0 Å². The van der Waals surface area contributed by atoms with Crippen molar-refractivity contribution in [1.82, 2.24) is 16.0 Å². The summed E-state index contributed by atoms with van der Waals surface area (Å²) in [5, 5.41) is 9.59. The molecule has 0 spiro atoms. The molecule has 6 nitrogen and oxygen atoms in total. The lowest BCUT2D eigenvalue weighted by Crippen LogP contribution is -2.40. The van der Waals surface area contributed by atoms with E-state index in [0.29, 0.717) is 17.8 Å². The number of nitrogens with zero attached hydrogens (tertiary/aromatic N) is 1. The first-order chi connectivity index (χ1) is 12.7. The van der Waals surface area contributed by atoms with Crippen LogP contribution in [0.25, 0.3) is 0 Å². The summed E-state index contributed by atoms with van der Waals surface area (Å²) in [5.41, 5.74) is 0. The Bertz CT molecular complexity index is 680. The summed E-state index contributed by atoms with van der Waals surface area (Å²) >= 11 is 1.80. The highest BCUT2D eigenvalue weighted by atomic mass is 127. The van der Waals surface area contributed by atoms with Gasteiger partial charge in [-0.15, -0.1) is 35.7 Å². The molecule has 1 amide bonds. The normalized spacial score (nSPS) is 12.0. The number of aliphatic imine (C=N–C) groups is 1. The summed E-state index contributed by atoms with van der Waals surface area (Å²) in [4.78, 5) is 17.5. The van der Waals surface area contributed by atoms with Gasteiger partial charge < -0.3 is 20.4 Å². The Labute approximate surface area is 182 Å². The van der Waals surface area contributed by atoms with E-state index in [2.05, 4.69) is 40.0 Å². The number of carbonyl (C=O) groups is 1. The lowest BCUT2D eigenvalue weighted by molar-refractivity contribution is -0.119. The third kappa shape index (κ3) is 9.71. The van der Waals surface area contributed by atoms with Crippen LogP contribution in [0, 0.1) is 0 Å². The first-order valence-electron chi connectivity index (χ1n) is 8.70. The monoisotopic (exact) mass is 502 g/mol. The predicted octanol–water partition coefficient (Wildman–Crippen LogP) is 3.25. The summed E-state index contributed by atoms with van der Waals surface area (Å²) in [6, 6.07) is 13.9. The first kappa shape index (κ1) is 23.4. The molecule has 0 radical (unpaired) electrons. The highest BCUT2D eigenvalue weighted by molar-refractivity contribution is 14.0. The maximum Gasteiger partial charge on any atom is 0.242 e. The number of carbonyl (C=O) groups excluding carboxylic acids is 1. The van der Waals surface area contributed by atoms with Crippen LogP contribution >= 0.6 is 35.7 Å². The van der Waals surface area contributed by atoms with Crippen LogP contribution in [0.4, 0.5) is 0 Å². The van der Waals surface area contributed by atoms with E-state index in [4.69, 9.17) is 4.42 Å². The molecule has 1 heterocycles. The predicted molar refractivity (Wildman–Crippen MR) is 122 cm³/mol. The second-order valence-electron chi connectivity index (χ2n) is 5.67. The largest absolute Gasteiger partial charge is 0.467 e. The van der Waals surface area contributed by atoms with E-state index in [1.165, 1.54) is 4.90 Å². The van der Waals surface area contributed by atoms with Crippen molar-refractivity contribution in [2.45, 2.75) is 30.5 Å². The number of benzene rings is 1. The van der Waals surface area contributed by atoms with E-state index in [-0.39, 0.29) is 36.4 Å². The number of guanidine groups is 1. The summed E-state index contributed by atoms with van der Waals surface area (Å²) in [6.07, 6.45) is 1.58. The molecule has 1 aromatic carbocycles. The van der Waals surface area contributed by atoms with Gasteiger partial charge in [-0.25, -0.2) is 4.99 Å². The topological polar surface area (TPSA) is 78.7 Å². The van der Waals surface area contributed by atoms with Gasteiger partial charge in [-0.1, -0.05) is 25.1 Å². The quantitative estimate of drug-likeness (QED) is 0.213. The highest BCUT2D eigenvalue weighted by Crippen LogP contribution is 2.21. The molecule has 0 aliphatic carbocycles. The fourth-order valence-corrected chi connectivity index (χ4v) is 3.11. The van der Waals surface area contributed by atoms with Gasteiger partial charge in [-0.05, 0) is 31.2 Å². The Hall–Kier alpha value is -1.68. The lowest BCUT2D eigenvalue weighted by atomic mass is 10.4. The van der Waals surface area contributed by atoms with Crippen LogP contribution in [-0.4, -0.2) is 36.8 Å². The third-order valence-corrected chi connectivity index (χ3v) is 4.52. The number of nitrogens with one attached hydrogen (secondary N) is 3. The van der Waals surface area contributed by atoms with E-state index in [9.17, 15) is 4.79 Å². The van der Waals surface area contributed by atoms with E-state index in [1.54, 1.807) is 24.1 Å². The molecule has 27 heavy (non-hydrogen) atoms. The second kappa shape index (κ2) is 13.5. The Balaban J connectivity index is 0.00000364. The smallest absolute Gasteiger partial charge is 0.242 e. The minimum absolute atomic E-state index is 0. The number of hydrogen-bond donors (Lipinski definition) is 3. The molecule has 0 aliphatic rings. The average Bonchev–Trinajstić information content (AvgIpc) is 3.17. The van der Waals surface area contributed by atoms with Crippen LogP contribution in [0.15, 0.2) is 63.0 Å². The number of hydrogen-bond acceptors (Lipinski definition) is 4. The number of furan rings is 1.